The van der Waals surface area contributed by atoms with Crippen LogP contribution in [0, 0.1) is 13.8 Å². The van der Waals surface area contributed by atoms with Crippen molar-refractivity contribution in [2.24, 2.45) is 0 Å². The molecular weight excluding hydrogens is 334 g/mol. The van der Waals surface area contributed by atoms with E-state index in [0.29, 0.717) is 12.1 Å². The highest BCUT2D eigenvalue weighted by Crippen LogP contribution is 2.21. The fourth-order valence-electron chi connectivity index (χ4n) is 2.90. The highest BCUT2D eigenvalue weighted by Gasteiger charge is 2.07. The number of hydrogen-bond donors (Lipinski definition) is 2. The molecule has 4 heteroatoms. The Morgan fingerprint density at radius 1 is 1.00 bits per heavy atom. The van der Waals surface area contributed by atoms with E-state index < -0.39 is 0 Å². The first-order chi connectivity index (χ1) is 13.1. The van der Waals surface area contributed by atoms with Gasteiger partial charge in [0.1, 0.15) is 0 Å². The number of benzene rings is 2. The van der Waals surface area contributed by atoms with Crippen LogP contribution in [0.3, 0.4) is 0 Å². The average molecular weight is 359 g/mol. The summed E-state index contributed by atoms with van der Waals surface area (Å²) >= 11 is 0. The van der Waals surface area contributed by atoms with Crippen LogP contribution in [-0.4, -0.2) is 17.4 Å². The number of carbonyl (C=O) groups excluding carboxylic acids is 1. The van der Waals surface area contributed by atoms with Crippen LogP contribution in [0.25, 0.3) is 0 Å². The number of anilines is 2. The molecule has 3 rings (SSSR count). The molecule has 0 saturated carbocycles. The number of nitrogens with one attached hydrogen (secondary N) is 2. The van der Waals surface area contributed by atoms with Gasteiger partial charge in [-0.1, -0.05) is 42.5 Å². The van der Waals surface area contributed by atoms with E-state index in [2.05, 4.69) is 59.8 Å². The summed E-state index contributed by atoms with van der Waals surface area (Å²) in [5, 5.41) is 6.33. The molecule has 4 nitrogen and oxygen atoms in total. The number of amides is 1. The van der Waals surface area contributed by atoms with Gasteiger partial charge < -0.3 is 10.6 Å². The molecule has 0 aliphatic heterocycles. The van der Waals surface area contributed by atoms with Crippen molar-refractivity contribution in [2.45, 2.75) is 26.7 Å². The van der Waals surface area contributed by atoms with Crippen molar-refractivity contribution >= 4 is 17.3 Å². The van der Waals surface area contributed by atoms with Crippen molar-refractivity contribution in [2.75, 3.05) is 11.9 Å². The molecule has 0 aliphatic rings. The highest BCUT2D eigenvalue weighted by atomic mass is 16.1. The fourth-order valence-corrected chi connectivity index (χ4v) is 2.90. The van der Waals surface area contributed by atoms with Gasteiger partial charge in [0.15, 0.2) is 0 Å². The number of carbonyl (C=O) groups is 1. The van der Waals surface area contributed by atoms with Crippen molar-refractivity contribution < 1.29 is 4.79 Å². The predicted octanol–water partition coefficient (Wildman–Crippen LogP) is 4.80. The lowest BCUT2D eigenvalue weighted by Gasteiger charge is -2.11. The number of hydrogen-bond acceptors (Lipinski definition) is 3. The molecule has 0 fully saturated rings. The van der Waals surface area contributed by atoms with Gasteiger partial charge in [-0.05, 0) is 55.5 Å². The Morgan fingerprint density at radius 3 is 2.63 bits per heavy atom. The third-order valence-corrected chi connectivity index (χ3v) is 4.44. The van der Waals surface area contributed by atoms with Gasteiger partial charge in [-0.15, -0.1) is 0 Å². The highest BCUT2D eigenvalue weighted by molar-refractivity contribution is 5.94. The molecule has 138 valence electrons. The molecule has 3 aromatic rings. The lowest BCUT2D eigenvalue weighted by Crippen LogP contribution is -2.25. The van der Waals surface area contributed by atoms with E-state index >= 15 is 0 Å². The Morgan fingerprint density at radius 2 is 1.81 bits per heavy atom. The lowest BCUT2D eigenvalue weighted by molar-refractivity contribution is 0.0953. The Kier molecular flexibility index (Phi) is 6.21. The van der Waals surface area contributed by atoms with Crippen LogP contribution in [0.5, 0.6) is 0 Å². The van der Waals surface area contributed by atoms with Crippen molar-refractivity contribution in [1.82, 2.24) is 10.3 Å². The second-order valence-electron chi connectivity index (χ2n) is 6.75. The maximum Gasteiger partial charge on any atom is 0.252 e. The van der Waals surface area contributed by atoms with Gasteiger partial charge >= 0.3 is 0 Å². The molecule has 2 aromatic carbocycles. The number of aromatic nitrogens is 1. The van der Waals surface area contributed by atoms with Crippen LogP contribution < -0.4 is 10.6 Å². The third-order valence-electron chi connectivity index (χ3n) is 4.44. The Bertz CT molecular complexity index is 907. The summed E-state index contributed by atoms with van der Waals surface area (Å²) < 4.78 is 0. The van der Waals surface area contributed by atoms with E-state index in [1.165, 1.54) is 11.1 Å². The maximum absolute atomic E-state index is 12.4. The Labute approximate surface area is 160 Å². The lowest BCUT2D eigenvalue weighted by atomic mass is 10.1. The largest absolute Gasteiger partial charge is 0.354 e. The van der Waals surface area contributed by atoms with Crippen molar-refractivity contribution in [3.05, 3.63) is 89.2 Å². The maximum atomic E-state index is 12.4. The van der Waals surface area contributed by atoms with Gasteiger partial charge in [0.2, 0.25) is 0 Å². The Balaban J connectivity index is 1.56. The van der Waals surface area contributed by atoms with E-state index in [4.69, 9.17) is 0 Å². The number of nitrogens with zero attached hydrogens (tertiary/aromatic N) is 1. The van der Waals surface area contributed by atoms with Crippen LogP contribution in [0.2, 0.25) is 0 Å². The first kappa shape index (κ1) is 18.6. The molecule has 0 atom stereocenters. The van der Waals surface area contributed by atoms with Crippen LogP contribution >= 0.6 is 0 Å². The summed E-state index contributed by atoms with van der Waals surface area (Å²) in [5.41, 5.74) is 6.01. The molecule has 1 amide bonds. The molecule has 27 heavy (non-hydrogen) atoms. The molecule has 1 aromatic heterocycles. The summed E-state index contributed by atoms with van der Waals surface area (Å²) in [6.07, 6.45) is 5.19. The van der Waals surface area contributed by atoms with Crippen LogP contribution in [0.4, 0.5) is 11.4 Å². The normalized spacial score (nSPS) is 10.4. The second kappa shape index (κ2) is 8.99. The molecule has 0 aliphatic carbocycles. The van der Waals surface area contributed by atoms with E-state index in [9.17, 15) is 4.79 Å². The second-order valence-corrected chi connectivity index (χ2v) is 6.75. The minimum Gasteiger partial charge on any atom is -0.354 e. The molecule has 0 spiro atoms. The van der Waals surface area contributed by atoms with Gasteiger partial charge in [-0.3, -0.25) is 9.78 Å². The number of pyridine rings is 1. The van der Waals surface area contributed by atoms with E-state index in [1.807, 2.05) is 24.3 Å². The van der Waals surface area contributed by atoms with Gasteiger partial charge in [-0.25, -0.2) is 0 Å². The fraction of sp³-hybridized carbons (Fsp3) is 0.217. The summed E-state index contributed by atoms with van der Waals surface area (Å²) in [7, 11) is 0. The molecule has 0 saturated heterocycles. The zero-order valence-corrected chi connectivity index (χ0v) is 15.8. The minimum atomic E-state index is -0.0971. The summed E-state index contributed by atoms with van der Waals surface area (Å²) in [6.45, 7) is 4.75. The summed E-state index contributed by atoms with van der Waals surface area (Å²) in [5.74, 6) is -0.0971. The zero-order valence-electron chi connectivity index (χ0n) is 15.8. The van der Waals surface area contributed by atoms with E-state index in [0.717, 1.165) is 29.8 Å². The van der Waals surface area contributed by atoms with Gasteiger partial charge in [0.05, 0.1) is 17.4 Å². The van der Waals surface area contributed by atoms with E-state index in [-0.39, 0.29) is 5.91 Å². The van der Waals surface area contributed by atoms with Crippen LogP contribution in [0.1, 0.15) is 33.5 Å². The van der Waals surface area contributed by atoms with Crippen LogP contribution in [-0.2, 0) is 6.42 Å². The monoisotopic (exact) mass is 359 g/mol. The zero-order chi connectivity index (χ0) is 19.1. The van der Waals surface area contributed by atoms with Crippen molar-refractivity contribution in [3.8, 4) is 0 Å². The molecular formula is C23H25N3O. The summed E-state index contributed by atoms with van der Waals surface area (Å²) in [6, 6.07) is 18.4. The molecule has 1 heterocycles. The van der Waals surface area contributed by atoms with Crippen molar-refractivity contribution in [1.29, 1.82) is 0 Å². The smallest absolute Gasteiger partial charge is 0.252 e. The SMILES string of the molecule is Cc1ccc(C)c(Nc2cncc(C(=O)NCCCc3ccccc3)c2)c1. The number of rotatable bonds is 7. The molecule has 2 N–H and O–H groups in total. The van der Waals surface area contributed by atoms with Crippen molar-refractivity contribution in [3.63, 3.8) is 0 Å². The van der Waals surface area contributed by atoms with Gasteiger partial charge in [0, 0.05) is 18.4 Å². The predicted molar refractivity (Wildman–Crippen MR) is 111 cm³/mol. The molecule has 0 bridgehead atoms. The topological polar surface area (TPSA) is 54.0 Å². The summed E-state index contributed by atoms with van der Waals surface area (Å²) in [4.78, 5) is 16.6. The van der Waals surface area contributed by atoms with Gasteiger partial charge in [-0.2, -0.15) is 0 Å². The average Bonchev–Trinajstić information content (AvgIpc) is 2.69. The molecule has 0 unspecified atom stereocenters. The number of aryl methyl sites for hydroxylation is 3. The first-order valence-corrected chi connectivity index (χ1v) is 9.23. The quantitative estimate of drug-likeness (QED) is 0.596. The minimum absolute atomic E-state index is 0.0971. The third kappa shape index (κ3) is 5.42. The standard InChI is InChI=1S/C23H25N3O/c1-17-10-11-18(2)22(13-17)26-21-14-20(15-24-16-21)23(27)25-12-6-9-19-7-4-3-5-8-19/h3-5,7-8,10-11,13-16,26H,6,9,12H2,1-2H3,(H,25,27). The van der Waals surface area contributed by atoms with E-state index in [1.54, 1.807) is 12.4 Å². The first-order valence-electron chi connectivity index (χ1n) is 9.23. The molecule has 0 radical (unpaired) electrons. The van der Waals surface area contributed by atoms with Crippen LogP contribution in [0.15, 0.2) is 67.0 Å². The Hall–Kier alpha value is -3.14. The van der Waals surface area contributed by atoms with Gasteiger partial charge in [0.25, 0.3) is 5.91 Å².